The maximum absolute atomic E-state index is 11.9. The van der Waals surface area contributed by atoms with Crippen LogP contribution in [0.3, 0.4) is 0 Å². The zero-order valence-electron chi connectivity index (χ0n) is 23.4. The first-order valence-corrected chi connectivity index (χ1v) is 14.1. The number of likely N-dealkylation sites (tertiary alicyclic amines) is 1. The van der Waals surface area contributed by atoms with Gasteiger partial charge in [-0.15, -0.1) is 0 Å². The molecule has 0 bridgehead atoms. The average Bonchev–Trinajstić information content (AvgIpc) is 2.89. The first-order chi connectivity index (χ1) is 18.7. The summed E-state index contributed by atoms with van der Waals surface area (Å²) in [6.45, 7) is 13.9. The molecule has 1 unspecified atom stereocenters. The number of halogens is 1. The summed E-state index contributed by atoms with van der Waals surface area (Å²) in [6, 6.07) is 13.1. The lowest BCUT2D eigenvalue weighted by Crippen LogP contribution is -2.59. The molecule has 0 saturated carbocycles. The third-order valence-electron chi connectivity index (χ3n) is 7.89. The molecule has 2 aromatic carbocycles. The standard InChI is InChI=1S/C31H38ClN5O2/c1-6-23(38)14-16-35(5)29-24-15-17-36(27-12-8-10-21-9-7-11-25(32)28(21)27)19-26(24)33-30(34-29)39-20-22-13-18-37(22)31(2,3)4/h6-12,22H,1,13-20H2,2-5H3. The van der Waals surface area contributed by atoms with Gasteiger partial charge in [0.25, 0.3) is 0 Å². The number of ether oxygens (including phenoxy) is 1. The first-order valence-electron chi connectivity index (χ1n) is 13.7. The van der Waals surface area contributed by atoms with E-state index in [0.29, 0.717) is 38.2 Å². The van der Waals surface area contributed by atoms with E-state index in [2.05, 4.69) is 61.4 Å². The van der Waals surface area contributed by atoms with E-state index in [-0.39, 0.29) is 11.3 Å². The molecule has 206 valence electrons. The molecule has 0 amide bonds. The summed E-state index contributed by atoms with van der Waals surface area (Å²) in [5, 5.41) is 2.92. The summed E-state index contributed by atoms with van der Waals surface area (Å²) in [4.78, 5) is 28.6. The molecule has 39 heavy (non-hydrogen) atoms. The first kappa shape index (κ1) is 27.4. The fourth-order valence-electron chi connectivity index (χ4n) is 5.67. The second-order valence-electron chi connectivity index (χ2n) is 11.5. The number of nitrogens with zero attached hydrogens (tertiary/aromatic N) is 5. The van der Waals surface area contributed by atoms with Crippen LogP contribution >= 0.6 is 11.6 Å². The van der Waals surface area contributed by atoms with Crippen LogP contribution < -0.4 is 14.5 Å². The number of aromatic nitrogens is 2. The SMILES string of the molecule is C=CC(=O)CCN(C)c1nc(OCC2CCN2C(C)(C)C)nc2c1CCN(c1cccc3cccc(Cl)c13)C2. The lowest BCUT2D eigenvalue weighted by molar-refractivity contribution is -0.114. The van der Waals surface area contributed by atoms with Crippen LogP contribution in [0.25, 0.3) is 10.8 Å². The number of carbonyl (C=O) groups excluding carboxylic acids is 1. The van der Waals surface area contributed by atoms with E-state index < -0.39 is 0 Å². The van der Waals surface area contributed by atoms with Crippen molar-refractivity contribution in [1.82, 2.24) is 14.9 Å². The number of ketones is 1. The molecule has 1 saturated heterocycles. The third-order valence-corrected chi connectivity index (χ3v) is 8.20. The Morgan fingerprint density at radius 3 is 2.67 bits per heavy atom. The largest absolute Gasteiger partial charge is 0.462 e. The van der Waals surface area contributed by atoms with Crippen molar-refractivity contribution < 1.29 is 9.53 Å². The minimum atomic E-state index is 0.0208. The molecule has 0 aliphatic carbocycles. The summed E-state index contributed by atoms with van der Waals surface area (Å²) >= 11 is 6.66. The molecule has 0 radical (unpaired) electrons. The summed E-state index contributed by atoms with van der Waals surface area (Å²) in [7, 11) is 1.98. The number of fused-ring (bicyclic) bond motifs is 2. The van der Waals surface area contributed by atoms with E-state index in [9.17, 15) is 4.79 Å². The highest BCUT2D eigenvalue weighted by molar-refractivity contribution is 6.36. The highest BCUT2D eigenvalue weighted by Gasteiger charge is 2.36. The van der Waals surface area contributed by atoms with Gasteiger partial charge < -0.3 is 14.5 Å². The summed E-state index contributed by atoms with van der Waals surface area (Å²) in [5.41, 5.74) is 3.27. The van der Waals surface area contributed by atoms with Gasteiger partial charge in [0.2, 0.25) is 0 Å². The van der Waals surface area contributed by atoms with Gasteiger partial charge in [-0.05, 0) is 57.2 Å². The van der Waals surface area contributed by atoms with Gasteiger partial charge in [0.1, 0.15) is 12.4 Å². The Morgan fingerprint density at radius 2 is 1.97 bits per heavy atom. The Morgan fingerprint density at radius 1 is 1.21 bits per heavy atom. The Hall–Kier alpha value is -3.16. The maximum atomic E-state index is 11.9. The minimum absolute atomic E-state index is 0.0208. The number of hydrogen-bond acceptors (Lipinski definition) is 7. The Balaban J connectivity index is 1.44. The molecule has 0 spiro atoms. The predicted molar refractivity (Wildman–Crippen MR) is 159 cm³/mol. The monoisotopic (exact) mass is 547 g/mol. The quantitative estimate of drug-likeness (QED) is 0.319. The molecular formula is C31H38ClN5O2. The van der Waals surface area contributed by atoms with Crippen LogP contribution in [0.1, 0.15) is 44.9 Å². The molecule has 5 rings (SSSR count). The zero-order valence-corrected chi connectivity index (χ0v) is 24.2. The van der Waals surface area contributed by atoms with Gasteiger partial charge >= 0.3 is 6.01 Å². The van der Waals surface area contributed by atoms with Gasteiger partial charge in [-0.1, -0.05) is 42.4 Å². The smallest absolute Gasteiger partial charge is 0.318 e. The molecule has 3 aromatic rings. The second-order valence-corrected chi connectivity index (χ2v) is 11.9. The second kappa shape index (κ2) is 11.1. The number of anilines is 2. The van der Waals surface area contributed by atoms with Gasteiger partial charge in [0, 0.05) is 61.3 Å². The van der Waals surface area contributed by atoms with Crippen LogP contribution in [-0.4, -0.2) is 65.5 Å². The topological polar surface area (TPSA) is 61.8 Å². The molecule has 1 atom stereocenters. The van der Waals surface area contributed by atoms with Crippen molar-refractivity contribution in [3.05, 3.63) is 65.3 Å². The highest BCUT2D eigenvalue weighted by Crippen LogP contribution is 2.37. The fourth-order valence-corrected chi connectivity index (χ4v) is 5.95. The van der Waals surface area contributed by atoms with E-state index in [4.69, 9.17) is 26.3 Å². The van der Waals surface area contributed by atoms with Crippen LogP contribution in [0.5, 0.6) is 6.01 Å². The summed E-state index contributed by atoms with van der Waals surface area (Å²) < 4.78 is 6.26. The highest BCUT2D eigenvalue weighted by atomic mass is 35.5. The number of carbonyl (C=O) groups is 1. The van der Waals surface area contributed by atoms with Crippen molar-refractivity contribution in [2.24, 2.45) is 0 Å². The van der Waals surface area contributed by atoms with Gasteiger partial charge in [0.05, 0.1) is 17.3 Å². The number of allylic oxidation sites excluding steroid dienone is 1. The molecule has 0 N–H and O–H groups in total. The average molecular weight is 548 g/mol. The molecule has 7 nitrogen and oxygen atoms in total. The Bertz CT molecular complexity index is 1380. The molecular weight excluding hydrogens is 510 g/mol. The third kappa shape index (κ3) is 5.75. The van der Waals surface area contributed by atoms with Crippen LogP contribution in [-0.2, 0) is 17.8 Å². The predicted octanol–water partition coefficient (Wildman–Crippen LogP) is 5.68. The van der Waals surface area contributed by atoms with E-state index in [1.165, 1.54) is 6.08 Å². The van der Waals surface area contributed by atoms with Crippen molar-refractivity contribution in [2.75, 3.05) is 43.1 Å². The Labute approximate surface area is 236 Å². The van der Waals surface area contributed by atoms with Gasteiger partial charge in [-0.25, -0.2) is 0 Å². The van der Waals surface area contributed by atoms with Crippen molar-refractivity contribution in [3.8, 4) is 6.01 Å². The van der Waals surface area contributed by atoms with Crippen molar-refractivity contribution in [2.45, 2.75) is 58.2 Å². The number of hydrogen-bond donors (Lipinski definition) is 0. The molecule has 2 aliphatic rings. The van der Waals surface area contributed by atoms with Crippen molar-refractivity contribution >= 4 is 39.7 Å². The van der Waals surface area contributed by atoms with Gasteiger partial charge in [0.15, 0.2) is 5.78 Å². The van der Waals surface area contributed by atoms with E-state index >= 15 is 0 Å². The molecule has 8 heteroatoms. The molecule has 1 aromatic heterocycles. The maximum Gasteiger partial charge on any atom is 0.318 e. The number of rotatable bonds is 9. The lowest BCUT2D eigenvalue weighted by Gasteiger charge is -2.49. The van der Waals surface area contributed by atoms with Crippen molar-refractivity contribution in [3.63, 3.8) is 0 Å². The normalized spacial score (nSPS) is 17.5. The van der Waals surface area contributed by atoms with Gasteiger partial charge in [-0.3, -0.25) is 9.69 Å². The summed E-state index contributed by atoms with van der Waals surface area (Å²) in [6.07, 6.45) is 3.66. The van der Waals surface area contributed by atoms with Crippen molar-refractivity contribution in [1.29, 1.82) is 0 Å². The number of benzene rings is 2. The van der Waals surface area contributed by atoms with Gasteiger partial charge in [-0.2, -0.15) is 9.97 Å². The zero-order chi connectivity index (χ0) is 27.7. The lowest BCUT2D eigenvalue weighted by atomic mass is 9.94. The van der Waals surface area contributed by atoms with Crippen LogP contribution in [0.2, 0.25) is 5.02 Å². The van der Waals surface area contributed by atoms with Crippen LogP contribution in [0, 0.1) is 0 Å². The summed E-state index contributed by atoms with van der Waals surface area (Å²) in [5.74, 6) is 0.858. The Kier molecular flexibility index (Phi) is 7.83. The van der Waals surface area contributed by atoms with E-state index in [0.717, 1.165) is 64.5 Å². The van der Waals surface area contributed by atoms with E-state index in [1.807, 2.05) is 24.1 Å². The molecule has 2 aliphatic heterocycles. The van der Waals surface area contributed by atoms with Crippen LogP contribution in [0.4, 0.5) is 11.5 Å². The molecule has 1 fully saturated rings. The minimum Gasteiger partial charge on any atom is -0.462 e. The van der Waals surface area contributed by atoms with E-state index in [1.54, 1.807) is 0 Å². The molecule has 3 heterocycles. The van der Waals surface area contributed by atoms with Crippen LogP contribution in [0.15, 0.2) is 49.1 Å². The fraction of sp³-hybridized carbons (Fsp3) is 0.452.